The number of nitrogens with one attached hydrogen (secondary N) is 1. The molecule has 2 aromatic carbocycles. The van der Waals surface area contributed by atoms with Gasteiger partial charge in [-0.3, -0.25) is 4.79 Å². The number of ether oxygens (including phenoxy) is 1. The van der Waals surface area contributed by atoms with E-state index in [0.717, 1.165) is 39.3 Å². The first-order chi connectivity index (χ1) is 11.9. The fourth-order valence-electron chi connectivity index (χ4n) is 3.50. The zero-order chi connectivity index (χ0) is 18.3. The molecule has 5 nitrogen and oxygen atoms in total. The highest BCUT2D eigenvalue weighted by Gasteiger charge is 2.20. The molecule has 0 aliphatic rings. The number of fused-ring (bicyclic) bond motifs is 1. The van der Waals surface area contributed by atoms with Gasteiger partial charge in [0.1, 0.15) is 5.75 Å². The number of H-pyrrole nitrogens is 1. The van der Waals surface area contributed by atoms with Crippen LogP contribution in [0.25, 0.3) is 22.0 Å². The number of methoxy groups -OCH3 is 1. The number of hydrogen-bond acceptors (Lipinski definition) is 4. The number of aromatic nitrogens is 2. The minimum absolute atomic E-state index is 0.132. The molecule has 0 unspecified atom stereocenters. The summed E-state index contributed by atoms with van der Waals surface area (Å²) in [6, 6.07) is 5.93. The lowest BCUT2D eigenvalue weighted by Gasteiger charge is -2.22. The summed E-state index contributed by atoms with van der Waals surface area (Å²) in [5, 5.41) is 0.591. The molecule has 25 heavy (non-hydrogen) atoms. The van der Waals surface area contributed by atoms with E-state index in [0.29, 0.717) is 10.9 Å². The topological polar surface area (TPSA) is 58.2 Å². The van der Waals surface area contributed by atoms with Gasteiger partial charge in [-0.15, -0.1) is 0 Å². The molecule has 0 amide bonds. The van der Waals surface area contributed by atoms with Crippen LogP contribution < -0.4 is 15.2 Å². The van der Waals surface area contributed by atoms with Crippen molar-refractivity contribution in [3.05, 3.63) is 51.6 Å². The van der Waals surface area contributed by atoms with Gasteiger partial charge in [0.15, 0.2) is 0 Å². The Balaban J connectivity index is 2.55. The molecule has 3 aromatic rings. The Hall–Kier alpha value is -2.82. The van der Waals surface area contributed by atoms with Crippen molar-refractivity contribution in [2.75, 3.05) is 26.1 Å². The Labute approximate surface area is 147 Å². The first-order valence-corrected chi connectivity index (χ1v) is 8.19. The van der Waals surface area contributed by atoms with Gasteiger partial charge in [0, 0.05) is 25.3 Å². The molecule has 1 heterocycles. The van der Waals surface area contributed by atoms with E-state index in [1.807, 2.05) is 44.1 Å². The molecule has 0 aliphatic carbocycles. The van der Waals surface area contributed by atoms with Crippen molar-refractivity contribution in [1.82, 2.24) is 9.97 Å². The SMILES string of the molecule is COc1ccc(C)c(-c2c(C)c(N(C)C)cc3c(=O)[nH]cnc23)c1C. The summed E-state index contributed by atoms with van der Waals surface area (Å²) in [5.74, 6) is 0.827. The Morgan fingerprint density at radius 2 is 1.80 bits per heavy atom. The maximum absolute atomic E-state index is 12.4. The monoisotopic (exact) mass is 337 g/mol. The molecule has 0 bridgehead atoms. The van der Waals surface area contributed by atoms with E-state index in [1.54, 1.807) is 7.11 Å². The van der Waals surface area contributed by atoms with E-state index in [-0.39, 0.29) is 5.56 Å². The van der Waals surface area contributed by atoms with Gasteiger partial charge in [0.2, 0.25) is 0 Å². The molecule has 0 spiro atoms. The van der Waals surface area contributed by atoms with Crippen molar-refractivity contribution in [2.24, 2.45) is 0 Å². The first kappa shape index (κ1) is 17.0. The van der Waals surface area contributed by atoms with E-state index < -0.39 is 0 Å². The zero-order valence-corrected chi connectivity index (χ0v) is 15.5. The largest absolute Gasteiger partial charge is 0.496 e. The molecule has 130 valence electrons. The smallest absolute Gasteiger partial charge is 0.258 e. The highest BCUT2D eigenvalue weighted by atomic mass is 16.5. The highest BCUT2D eigenvalue weighted by Crippen LogP contribution is 2.40. The zero-order valence-electron chi connectivity index (χ0n) is 15.5. The summed E-state index contributed by atoms with van der Waals surface area (Å²) in [6.07, 6.45) is 1.47. The summed E-state index contributed by atoms with van der Waals surface area (Å²) in [5.41, 5.74) is 6.91. The second-order valence-electron chi connectivity index (χ2n) is 6.50. The van der Waals surface area contributed by atoms with Crippen LogP contribution in [-0.2, 0) is 0 Å². The second-order valence-corrected chi connectivity index (χ2v) is 6.50. The van der Waals surface area contributed by atoms with E-state index in [2.05, 4.69) is 23.8 Å². The van der Waals surface area contributed by atoms with Crippen molar-refractivity contribution in [1.29, 1.82) is 0 Å². The van der Waals surface area contributed by atoms with Gasteiger partial charge in [0.05, 0.1) is 24.3 Å². The standard InChI is InChI=1S/C20H23N3O2/c1-11-7-8-16(25-6)13(3)17(11)18-12(2)15(23(4)5)9-14-19(18)21-10-22-20(14)24/h7-10H,1-6H3,(H,21,22,24). The number of aromatic amines is 1. The summed E-state index contributed by atoms with van der Waals surface area (Å²) in [4.78, 5) is 21.6. The lowest BCUT2D eigenvalue weighted by atomic mass is 9.89. The van der Waals surface area contributed by atoms with E-state index in [1.165, 1.54) is 6.33 Å². The van der Waals surface area contributed by atoms with Crippen LogP contribution in [-0.4, -0.2) is 31.2 Å². The molecule has 0 saturated heterocycles. The first-order valence-electron chi connectivity index (χ1n) is 8.19. The minimum atomic E-state index is -0.132. The van der Waals surface area contributed by atoms with Gasteiger partial charge >= 0.3 is 0 Å². The Morgan fingerprint density at radius 1 is 1.08 bits per heavy atom. The third kappa shape index (κ3) is 2.65. The van der Waals surface area contributed by atoms with Crippen LogP contribution >= 0.6 is 0 Å². The van der Waals surface area contributed by atoms with Gasteiger partial charge in [-0.2, -0.15) is 0 Å². The van der Waals surface area contributed by atoms with Gasteiger partial charge in [-0.1, -0.05) is 6.07 Å². The Bertz CT molecular complexity index is 1020. The van der Waals surface area contributed by atoms with Crippen LogP contribution in [0.4, 0.5) is 5.69 Å². The van der Waals surface area contributed by atoms with Crippen LogP contribution in [0.15, 0.2) is 29.3 Å². The van der Waals surface area contributed by atoms with Crippen molar-refractivity contribution in [3.63, 3.8) is 0 Å². The average molecular weight is 337 g/mol. The predicted molar refractivity (Wildman–Crippen MR) is 103 cm³/mol. The number of nitrogens with zero attached hydrogens (tertiary/aromatic N) is 2. The van der Waals surface area contributed by atoms with Crippen LogP contribution in [0.2, 0.25) is 0 Å². The van der Waals surface area contributed by atoms with Gasteiger partial charge in [-0.05, 0) is 55.2 Å². The maximum Gasteiger partial charge on any atom is 0.258 e. The fraction of sp³-hybridized carbons (Fsp3) is 0.300. The Morgan fingerprint density at radius 3 is 2.44 bits per heavy atom. The molecule has 0 aliphatic heterocycles. The summed E-state index contributed by atoms with van der Waals surface area (Å²) in [6.45, 7) is 6.19. The molecule has 0 saturated carbocycles. The molecule has 1 aromatic heterocycles. The highest BCUT2D eigenvalue weighted by molar-refractivity contribution is 6.00. The molecule has 5 heteroatoms. The quantitative estimate of drug-likeness (QED) is 0.793. The fourth-order valence-corrected chi connectivity index (χ4v) is 3.50. The molecular weight excluding hydrogens is 314 g/mol. The van der Waals surface area contributed by atoms with E-state index >= 15 is 0 Å². The van der Waals surface area contributed by atoms with Crippen molar-refractivity contribution < 1.29 is 4.74 Å². The molecule has 1 N–H and O–H groups in total. The van der Waals surface area contributed by atoms with Crippen LogP contribution in [0.5, 0.6) is 5.75 Å². The number of aryl methyl sites for hydroxylation is 1. The minimum Gasteiger partial charge on any atom is -0.496 e. The van der Waals surface area contributed by atoms with Crippen LogP contribution in [0, 0.1) is 20.8 Å². The van der Waals surface area contributed by atoms with Crippen LogP contribution in [0.1, 0.15) is 16.7 Å². The lowest BCUT2D eigenvalue weighted by molar-refractivity contribution is 0.412. The summed E-state index contributed by atoms with van der Waals surface area (Å²) in [7, 11) is 5.63. The normalized spacial score (nSPS) is 11.0. The van der Waals surface area contributed by atoms with Gasteiger partial charge in [0.25, 0.3) is 5.56 Å². The number of benzene rings is 2. The number of anilines is 1. The van der Waals surface area contributed by atoms with E-state index in [9.17, 15) is 4.79 Å². The van der Waals surface area contributed by atoms with E-state index in [4.69, 9.17) is 4.74 Å². The van der Waals surface area contributed by atoms with Crippen molar-refractivity contribution >= 4 is 16.6 Å². The van der Waals surface area contributed by atoms with Crippen molar-refractivity contribution in [3.8, 4) is 16.9 Å². The van der Waals surface area contributed by atoms with Crippen LogP contribution in [0.3, 0.4) is 0 Å². The molecular formula is C20H23N3O2. The number of rotatable bonds is 3. The third-order valence-corrected chi connectivity index (χ3v) is 4.74. The Kier molecular flexibility index (Phi) is 4.25. The van der Waals surface area contributed by atoms with Gasteiger partial charge in [-0.25, -0.2) is 4.98 Å². The predicted octanol–water partition coefficient (Wildman–Crippen LogP) is 3.59. The molecule has 0 fully saturated rings. The molecule has 3 rings (SSSR count). The third-order valence-electron chi connectivity index (χ3n) is 4.74. The number of hydrogen-bond donors (Lipinski definition) is 1. The lowest BCUT2D eigenvalue weighted by Crippen LogP contribution is -2.14. The van der Waals surface area contributed by atoms with Crippen molar-refractivity contribution in [2.45, 2.75) is 20.8 Å². The molecule has 0 radical (unpaired) electrons. The summed E-state index contributed by atoms with van der Waals surface area (Å²) >= 11 is 0. The molecule has 0 atom stereocenters. The van der Waals surface area contributed by atoms with Gasteiger partial charge < -0.3 is 14.6 Å². The maximum atomic E-state index is 12.4. The summed E-state index contributed by atoms with van der Waals surface area (Å²) < 4.78 is 5.52. The average Bonchev–Trinajstić information content (AvgIpc) is 2.56. The second kappa shape index (κ2) is 6.24.